The zero-order chi connectivity index (χ0) is 20.4. The molecule has 1 fully saturated rings. The number of phenolic OH excluding ortho intramolecular Hbond substituents is 1. The van der Waals surface area contributed by atoms with Crippen LogP contribution in [0.5, 0.6) is 11.5 Å². The largest absolute Gasteiger partial charge is 0.500 e. The smallest absolute Gasteiger partial charge is 0.315 e. The van der Waals surface area contributed by atoms with Crippen molar-refractivity contribution >= 4 is 34.7 Å². The van der Waals surface area contributed by atoms with E-state index >= 15 is 0 Å². The number of thioether (sulfide) groups is 1. The lowest BCUT2D eigenvalue weighted by Gasteiger charge is -2.12. The molecule has 1 saturated heterocycles. The van der Waals surface area contributed by atoms with E-state index in [-0.39, 0.29) is 28.3 Å². The van der Waals surface area contributed by atoms with Gasteiger partial charge in [-0.2, -0.15) is 0 Å². The minimum atomic E-state index is -0.793. The molecule has 0 atom stereocenters. The SMILES string of the molecule is COc1cc(/C=C2\SC(=O)N(Cc3ccccc3F)C2=O)cc([N+](=O)[O-])c1O. The minimum Gasteiger partial charge on any atom is -0.500 e. The Labute approximate surface area is 162 Å². The van der Waals surface area contributed by atoms with E-state index in [0.717, 1.165) is 11.0 Å². The normalized spacial score (nSPS) is 15.4. The number of amides is 2. The summed E-state index contributed by atoms with van der Waals surface area (Å²) in [6.07, 6.45) is 1.28. The van der Waals surface area contributed by atoms with E-state index in [1.54, 1.807) is 6.07 Å². The van der Waals surface area contributed by atoms with E-state index < -0.39 is 33.3 Å². The van der Waals surface area contributed by atoms with Gasteiger partial charge in [-0.15, -0.1) is 0 Å². The number of rotatable bonds is 5. The van der Waals surface area contributed by atoms with Crippen LogP contribution in [0.2, 0.25) is 0 Å². The first kappa shape index (κ1) is 19.4. The van der Waals surface area contributed by atoms with Gasteiger partial charge in [0.2, 0.25) is 5.75 Å². The van der Waals surface area contributed by atoms with E-state index in [2.05, 4.69) is 0 Å². The first-order valence-electron chi connectivity index (χ1n) is 7.86. The van der Waals surface area contributed by atoms with Gasteiger partial charge in [0.05, 0.1) is 23.5 Å². The molecule has 0 unspecified atom stereocenters. The molecule has 1 N–H and O–H groups in total. The monoisotopic (exact) mass is 404 g/mol. The number of carbonyl (C=O) groups excluding carboxylic acids is 2. The zero-order valence-electron chi connectivity index (χ0n) is 14.4. The van der Waals surface area contributed by atoms with Crippen LogP contribution in [0.25, 0.3) is 6.08 Å². The zero-order valence-corrected chi connectivity index (χ0v) is 15.2. The van der Waals surface area contributed by atoms with Gasteiger partial charge in [-0.25, -0.2) is 4.39 Å². The number of benzene rings is 2. The Morgan fingerprint density at radius 1 is 1.32 bits per heavy atom. The van der Waals surface area contributed by atoms with Gasteiger partial charge in [0.15, 0.2) is 5.75 Å². The molecule has 0 saturated carbocycles. The average molecular weight is 404 g/mol. The van der Waals surface area contributed by atoms with Crippen molar-refractivity contribution in [3.63, 3.8) is 0 Å². The Bertz CT molecular complexity index is 1020. The van der Waals surface area contributed by atoms with Crippen molar-refractivity contribution in [3.8, 4) is 11.5 Å². The Hall–Kier alpha value is -3.40. The number of ether oxygens (including phenoxy) is 1. The van der Waals surface area contributed by atoms with Crippen LogP contribution in [-0.2, 0) is 11.3 Å². The van der Waals surface area contributed by atoms with Crippen LogP contribution in [0.15, 0.2) is 41.3 Å². The summed E-state index contributed by atoms with van der Waals surface area (Å²) in [5, 5.41) is 20.3. The molecule has 1 aliphatic heterocycles. The second-order valence-electron chi connectivity index (χ2n) is 5.71. The van der Waals surface area contributed by atoms with Crippen LogP contribution >= 0.6 is 11.8 Å². The van der Waals surface area contributed by atoms with Crippen LogP contribution in [0.4, 0.5) is 14.9 Å². The van der Waals surface area contributed by atoms with Crippen molar-refractivity contribution in [2.45, 2.75) is 6.54 Å². The second-order valence-corrected chi connectivity index (χ2v) is 6.70. The fourth-order valence-corrected chi connectivity index (χ4v) is 3.41. The van der Waals surface area contributed by atoms with E-state index in [9.17, 15) is 29.2 Å². The highest BCUT2D eigenvalue weighted by Gasteiger charge is 2.35. The molecule has 10 heteroatoms. The summed E-state index contributed by atoms with van der Waals surface area (Å²) in [5.41, 5.74) is -0.220. The Kier molecular flexibility index (Phi) is 5.32. The molecular weight excluding hydrogens is 391 g/mol. The number of nitro benzene ring substituents is 1. The topological polar surface area (TPSA) is 110 Å². The molecule has 0 radical (unpaired) electrons. The van der Waals surface area contributed by atoms with E-state index in [0.29, 0.717) is 11.8 Å². The first-order chi connectivity index (χ1) is 13.3. The minimum absolute atomic E-state index is 0.0170. The standard InChI is InChI=1S/C18H13FN2O6S/c1-27-14-7-10(6-13(16(14)22)21(25)26)8-15-17(23)20(18(24)28-15)9-11-4-2-3-5-12(11)19/h2-8,22H,9H2,1H3/b15-8-. The highest BCUT2D eigenvalue weighted by molar-refractivity contribution is 8.18. The molecule has 0 aromatic heterocycles. The first-order valence-corrected chi connectivity index (χ1v) is 8.67. The van der Waals surface area contributed by atoms with Gasteiger partial charge < -0.3 is 9.84 Å². The van der Waals surface area contributed by atoms with Crippen molar-refractivity contribution in [1.29, 1.82) is 0 Å². The van der Waals surface area contributed by atoms with Crippen molar-refractivity contribution in [2.24, 2.45) is 0 Å². The Morgan fingerprint density at radius 2 is 2.04 bits per heavy atom. The van der Waals surface area contributed by atoms with Crippen LogP contribution in [0.3, 0.4) is 0 Å². The third-order valence-electron chi connectivity index (χ3n) is 3.95. The molecule has 1 aliphatic rings. The maximum absolute atomic E-state index is 13.8. The summed E-state index contributed by atoms with van der Waals surface area (Å²) < 4.78 is 18.7. The molecule has 1 heterocycles. The van der Waals surface area contributed by atoms with Gasteiger partial charge in [0, 0.05) is 11.6 Å². The number of hydrogen-bond donors (Lipinski definition) is 1. The number of phenols is 1. The van der Waals surface area contributed by atoms with Crippen LogP contribution in [0, 0.1) is 15.9 Å². The van der Waals surface area contributed by atoms with Crippen molar-refractivity contribution in [2.75, 3.05) is 7.11 Å². The lowest BCUT2D eigenvalue weighted by Crippen LogP contribution is -2.27. The second kappa shape index (κ2) is 7.69. The molecular formula is C18H13FN2O6S. The van der Waals surface area contributed by atoms with Gasteiger partial charge in [-0.1, -0.05) is 18.2 Å². The molecule has 0 aliphatic carbocycles. The van der Waals surface area contributed by atoms with Gasteiger partial charge >= 0.3 is 5.69 Å². The lowest BCUT2D eigenvalue weighted by atomic mass is 10.1. The van der Waals surface area contributed by atoms with Crippen LogP contribution in [-0.4, -0.2) is 33.2 Å². The van der Waals surface area contributed by atoms with E-state index in [1.807, 2.05) is 0 Å². The molecule has 144 valence electrons. The number of aromatic hydroxyl groups is 1. The van der Waals surface area contributed by atoms with E-state index in [4.69, 9.17) is 4.74 Å². The maximum Gasteiger partial charge on any atom is 0.315 e. The molecule has 0 bridgehead atoms. The summed E-state index contributed by atoms with van der Waals surface area (Å²) >= 11 is 0.637. The lowest BCUT2D eigenvalue weighted by molar-refractivity contribution is -0.386. The van der Waals surface area contributed by atoms with Gasteiger partial charge in [0.25, 0.3) is 11.1 Å². The molecule has 2 aromatic carbocycles. The highest BCUT2D eigenvalue weighted by Crippen LogP contribution is 2.39. The predicted octanol–water partition coefficient (Wildman–Crippen LogP) is 3.68. The van der Waals surface area contributed by atoms with Crippen LogP contribution in [0.1, 0.15) is 11.1 Å². The number of methoxy groups -OCH3 is 1. The Morgan fingerprint density at radius 3 is 2.68 bits per heavy atom. The van der Waals surface area contributed by atoms with Gasteiger partial charge in [0.1, 0.15) is 5.82 Å². The third kappa shape index (κ3) is 3.67. The highest BCUT2D eigenvalue weighted by atomic mass is 32.2. The number of nitrogens with zero attached hydrogens (tertiary/aromatic N) is 2. The summed E-state index contributed by atoms with van der Waals surface area (Å²) in [7, 11) is 1.23. The number of carbonyl (C=O) groups is 2. The van der Waals surface area contributed by atoms with Crippen LogP contribution < -0.4 is 4.74 Å². The van der Waals surface area contributed by atoms with E-state index in [1.165, 1.54) is 37.5 Å². The Balaban J connectivity index is 1.93. The van der Waals surface area contributed by atoms with Crippen molar-refractivity contribution in [1.82, 2.24) is 4.90 Å². The molecule has 3 rings (SSSR count). The average Bonchev–Trinajstić information content (AvgIpc) is 2.91. The predicted molar refractivity (Wildman–Crippen MR) is 99.2 cm³/mol. The fraction of sp³-hybridized carbons (Fsp3) is 0.111. The molecule has 2 aromatic rings. The molecule has 8 nitrogen and oxygen atoms in total. The number of imide groups is 1. The summed E-state index contributed by atoms with van der Waals surface area (Å²) in [5.74, 6) is -1.97. The fourth-order valence-electron chi connectivity index (χ4n) is 2.58. The number of hydrogen-bond acceptors (Lipinski definition) is 7. The summed E-state index contributed by atoms with van der Waals surface area (Å²) in [6.45, 7) is -0.228. The number of nitro groups is 1. The molecule has 2 amide bonds. The maximum atomic E-state index is 13.8. The summed E-state index contributed by atoms with van der Waals surface area (Å²) in [6, 6.07) is 8.14. The van der Waals surface area contributed by atoms with Gasteiger partial charge in [-0.05, 0) is 35.5 Å². The number of halogens is 1. The van der Waals surface area contributed by atoms with Crippen molar-refractivity contribution < 1.29 is 28.7 Å². The quantitative estimate of drug-likeness (QED) is 0.460. The van der Waals surface area contributed by atoms with Crippen molar-refractivity contribution in [3.05, 3.63) is 68.4 Å². The molecule has 28 heavy (non-hydrogen) atoms. The van der Waals surface area contributed by atoms with Gasteiger partial charge in [-0.3, -0.25) is 24.6 Å². The summed E-state index contributed by atoms with van der Waals surface area (Å²) in [4.78, 5) is 35.9. The third-order valence-corrected chi connectivity index (χ3v) is 4.86. The molecule has 0 spiro atoms.